The van der Waals surface area contributed by atoms with E-state index in [0.29, 0.717) is 5.75 Å². The first-order valence-corrected chi connectivity index (χ1v) is 6.98. The number of phenols is 1. The van der Waals surface area contributed by atoms with E-state index in [2.05, 4.69) is 5.32 Å². The third-order valence-electron chi connectivity index (χ3n) is 4.27. The van der Waals surface area contributed by atoms with E-state index in [-0.39, 0.29) is 18.0 Å². The molecule has 2 unspecified atom stereocenters. The van der Waals surface area contributed by atoms with Crippen LogP contribution in [-0.2, 0) is 11.2 Å². The van der Waals surface area contributed by atoms with Crippen molar-refractivity contribution in [2.45, 2.75) is 37.8 Å². The molecular weight excluding hydrogens is 240 g/mol. The highest BCUT2D eigenvalue weighted by Crippen LogP contribution is 2.33. The van der Waals surface area contributed by atoms with Gasteiger partial charge >= 0.3 is 0 Å². The number of benzene rings is 1. The summed E-state index contributed by atoms with van der Waals surface area (Å²) in [5, 5.41) is 13.1. The van der Waals surface area contributed by atoms with E-state index in [1.165, 1.54) is 5.56 Å². The second-order valence-corrected chi connectivity index (χ2v) is 5.60. The predicted octanol–water partition coefficient (Wildman–Crippen LogP) is 1.59. The maximum atomic E-state index is 12.0. The lowest BCUT2D eigenvalue weighted by molar-refractivity contribution is -0.128. The molecule has 0 bridgehead atoms. The number of likely N-dealkylation sites (tertiary alicyclic amines) is 1. The molecule has 1 heterocycles. The minimum atomic E-state index is -0.0664. The van der Waals surface area contributed by atoms with Gasteiger partial charge in [-0.15, -0.1) is 0 Å². The number of hydrogen-bond acceptors (Lipinski definition) is 3. The Hall–Kier alpha value is -1.55. The molecule has 0 radical (unpaired) electrons. The van der Waals surface area contributed by atoms with Crippen molar-refractivity contribution in [2.24, 2.45) is 0 Å². The van der Waals surface area contributed by atoms with Gasteiger partial charge in [-0.2, -0.15) is 0 Å². The fraction of sp³-hybridized carbons (Fsp3) is 0.533. The number of nitrogens with one attached hydrogen (secondary N) is 1. The second kappa shape index (κ2) is 4.85. The molecule has 1 fully saturated rings. The van der Waals surface area contributed by atoms with Crippen LogP contribution in [0.4, 0.5) is 0 Å². The van der Waals surface area contributed by atoms with Gasteiger partial charge in [0.05, 0.1) is 6.04 Å². The smallest absolute Gasteiger partial charge is 0.239 e. The minimum absolute atomic E-state index is 0.0664. The fourth-order valence-electron chi connectivity index (χ4n) is 3.18. The van der Waals surface area contributed by atoms with Crippen molar-refractivity contribution < 1.29 is 9.90 Å². The minimum Gasteiger partial charge on any atom is -0.508 e. The molecule has 4 nitrogen and oxygen atoms in total. The van der Waals surface area contributed by atoms with Crippen LogP contribution in [0.2, 0.25) is 0 Å². The van der Waals surface area contributed by atoms with E-state index < -0.39 is 0 Å². The number of aryl methyl sites for hydroxylation is 1. The first-order valence-electron chi connectivity index (χ1n) is 6.98. The van der Waals surface area contributed by atoms with Gasteiger partial charge in [0.15, 0.2) is 0 Å². The van der Waals surface area contributed by atoms with Crippen molar-refractivity contribution in [3.05, 3.63) is 29.3 Å². The quantitative estimate of drug-likeness (QED) is 0.849. The van der Waals surface area contributed by atoms with Gasteiger partial charge in [-0.3, -0.25) is 10.1 Å². The summed E-state index contributed by atoms with van der Waals surface area (Å²) < 4.78 is 0. The van der Waals surface area contributed by atoms with Gasteiger partial charge in [-0.25, -0.2) is 0 Å². The maximum Gasteiger partial charge on any atom is 0.239 e. The van der Waals surface area contributed by atoms with Gasteiger partial charge in [0.2, 0.25) is 5.91 Å². The van der Waals surface area contributed by atoms with E-state index in [1.54, 1.807) is 11.0 Å². The topological polar surface area (TPSA) is 52.6 Å². The summed E-state index contributed by atoms with van der Waals surface area (Å²) in [6.07, 6.45) is 4.10. The molecule has 0 saturated carbocycles. The third kappa shape index (κ3) is 2.32. The van der Waals surface area contributed by atoms with E-state index in [0.717, 1.165) is 37.8 Å². The number of hydrogen-bond donors (Lipinski definition) is 2. The lowest BCUT2D eigenvalue weighted by Crippen LogP contribution is -2.40. The number of fused-ring (bicyclic) bond motifs is 1. The molecule has 2 N–H and O–H groups in total. The van der Waals surface area contributed by atoms with Crippen LogP contribution in [0.5, 0.6) is 5.75 Å². The van der Waals surface area contributed by atoms with E-state index in [9.17, 15) is 9.90 Å². The Kier molecular flexibility index (Phi) is 3.19. The van der Waals surface area contributed by atoms with Crippen LogP contribution in [0.3, 0.4) is 0 Å². The lowest BCUT2D eigenvalue weighted by atomic mass is 9.87. The first kappa shape index (κ1) is 12.5. The van der Waals surface area contributed by atoms with Crippen molar-refractivity contribution in [3.63, 3.8) is 0 Å². The summed E-state index contributed by atoms with van der Waals surface area (Å²) in [5.74, 6) is 0.495. The standard InChI is InChI=1S/C15H20N2O2/c1-17-8-7-14(15(17)19)16-13-4-2-3-10-5-6-11(18)9-12(10)13/h5-6,9,13-14,16,18H,2-4,7-8H2,1H3. The van der Waals surface area contributed by atoms with E-state index in [4.69, 9.17) is 0 Å². The Balaban J connectivity index is 1.80. The Morgan fingerprint density at radius 1 is 1.32 bits per heavy atom. The molecule has 3 rings (SSSR count). The third-order valence-corrected chi connectivity index (χ3v) is 4.27. The lowest BCUT2D eigenvalue weighted by Gasteiger charge is -2.28. The summed E-state index contributed by atoms with van der Waals surface area (Å²) in [4.78, 5) is 13.8. The maximum absolute atomic E-state index is 12.0. The Labute approximate surface area is 113 Å². The molecule has 102 valence electrons. The fourth-order valence-corrected chi connectivity index (χ4v) is 3.18. The number of aromatic hydroxyl groups is 1. The molecular formula is C15H20N2O2. The highest BCUT2D eigenvalue weighted by molar-refractivity contribution is 5.83. The molecule has 0 aromatic heterocycles. The molecule has 1 saturated heterocycles. The van der Waals surface area contributed by atoms with Crippen molar-refractivity contribution in [1.29, 1.82) is 0 Å². The van der Waals surface area contributed by atoms with Crippen LogP contribution < -0.4 is 5.32 Å². The Morgan fingerprint density at radius 3 is 2.89 bits per heavy atom. The van der Waals surface area contributed by atoms with Gasteiger partial charge in [0.1, 0.15) is 5.75 Å². The van der Waals surface area contributed by atoms with E-state index >= 15 is 0 Å². The molecule has 2 atom stereocenters. The average molecular weight is 260 g/mol. The highest BCUT2D eigenvalue weighted by Gasteiger charge is 2.32. The zero-order chi connectivity index (χ0) is 13.4. The number of phenolic OH excluding ortho intramolecular Hbond substituents is 1. The molecule has 4 heteroatoms. The summed E-state index contributed by atoms with van der Waals surface area (Å²) in [7, 11) is 1.85. The normalized spacial score (nSPS) is 26.6. The first-order chi connectivity index (χ1) is 9.15. The van der Waals surface area contributed by atoms with Crippen LogP contribution in [0.25, 0.3) is 0 Å². The molecule has 2 aliphatic rings. The van der Waals surface area contributed by atoms with Crippen molar-refractivity contribution in [1.82, 2.24) is 10.2 Å². The van der Waals surface area contributed by atoms with Crippen LogP contribution in [0, 0.1) is 0 Å². The molecule has 1 aliphatic heterocycles. The predicted molar refractivity (Wildman–Crippen MR) is 73.0 cm³/mol. The van der Waals surface area contributed by atoms with Gasteiger partial charge in [0.25, 0.3) is 0 Å². The number of rotatable bonds is 2. The van der Waals surface area contributed by atoms with Crippen LogP contribution in [0.15, 0.2) is 18.2 Å². The largest absolute Gasteiger partial charge is 0.508 e. The van der Waals surface area contributed by atoms with Crippen LogP contribution in [0.1, 0.15) is 36.4 Å². The Morgan fingerprint density at radius 2 is 2.16 bits per heavy atom. The van der Waals surface area contributed by atoms with Crippen molar-refractivity contribution >= 4 is 5.91 Å². The SMILES string of the molecule is CN1CCC(NC2CCCc3ccc(O)cc32)C1=O. The number of carbonyl (C=O) groups is 1. The summed E-state index contributed by atoms with van der Waals surface area (Å²) in [5.41, 5.74) is 2.45. The molecule has 1 amide bonds. The Bertz CT molecular complexity index is 501. The molecule has 1 aliphatic carbocycles. The second-order valence-electron chi connectivity index (χ2n) is 5.60. The summed E-state index contributed by atoms with van der Waals surface area (Å²) >= 11 is 0. The average Bonchev–Trinajstić information content (AvgIpc) is 2.71. The number of likely N-dealkylation sites (N-methyl/N-ethyl adjacent to an activating group) is 1. The number of amides is 1. The monoisotopic (exact) mass is 260 g/mol. The highest BCUT2D eigenvalue weighted by atomic mass is 16.3. The van der Waals surface area contributed by atoms with Gasteiger partial charge in [0, 0.05) is 19.6 Å². The molecule has 19 heavy (non-hydrogen) atoms. The summed E-state index contributed by atoms with van der Waals surface area (Å²) in [6.45, 7) is 0.829. The van der Waals surface area contributed by atoms with Crippen LogP contribution in [-0.4, -0.2) is 35.5 Å². The summed E-state index contributed by atoms with van der Waals surface area (Å²) in [6, 6.07) is 5.71. The van der Waals surface area contributed by atoms with Crippen molar-refractivity contribution in [3.8, 4) is 5.75 Å². The number of carbonyl (C=O) groups excluding carboxylic acids is 1. The van der Waals surface area contributed by atoms with Gasteiger partial charge in [-0.1, -0.05) is 6.07 Å². The zero-order valence-electron chi connectivity index (χ0n) is 11.2. The van der Waals surface area contributed by atoms with E-state index in [1.807, 2.05) is 19.2 Å². The number of nitrogens with zero attached hydrogens (tertiary/aromatic N) is 1. The molecule has 1 aromatic rings. The van der Waals surface area contributed by atoms with Gasteiger partial charge in [-0.05, 0) is 48.9 Å². The van der Waals surface area contributed by atoms with Crippen LogP contribution >= 0.6 is 0 Å². The van der Waals surface area contributed by atoms with Gasteiger partial charge < -0.3 is 10.0 Å². The molecule has 0 spiro atoms. The molecule has 1 aromatic carbocycles. The van der Waals surface area contributed by atoms with Crippen molar-refractivity contribution in [2.75, 3.05) is 13.6 Å². The zero-order valence-corrected chi connectivity index (χ0v) is 11.2.